The van der Waals surface area contributed by atoms with Crippen molar-refractivity contribution in [3.63, 3.8) is 0 Å². The summed E-state index contributed by atoms with van der Waals surface area (Å²) in [5, 5.41) is 0. The summed E-state index contributed by atoms with van der Waals surface area (Å²) in [6.45, 7) is 6.21. The van der Waals surface area contributed by atoms with Crippen LogP contribution in [0.4, 0.5) is 5.69 Å². The van der Waals surface area contributed by atoms with Crippen LogP contribution in [0, 0.1) is 0 Å². The Morgan fingerprint density at radius 1 is 0.900 bits per heavy atom. The van der Waals surface area contributed by atoms with Gasteiger partial charge in [-0.15, -0.1) is 0 Å². The molecule has 2 aromatic carbocycles. The standard InChI is InChI=1S/C17H19N.C2H6/c1-2-9-16(15-10-5-3-6-11-15)14-18-17-12-7-4-8-13-17;1-2/h3-8,10-14,16H,2,9H2,1H3;1-2H3. The molecule has 0 saturated heterocycles. The van der Waals surface area contributed by atoms with Crippen molar-refractivity contribution < 1.29 is 0 Å². The zero-order valence-electron chi connectivity index (χ0n) is 12.8. The first kappa shape index (κ1) is 16.2. The van der Waals surface area contributed by atoms with Crippen molar-refractivity contribution >= 4 is 11.9 Å². The molecule has 106 valence electrons. The maximum Gasteiger partial charge on any atom is 0.0625 e. The normalized spacial score (nSPS) is 11.8. The van der Waals surface area contributed by atoms with Gasteiger partial charge in [-0.1, -0.05) is 75.7 Å². The zero-order chi connectivity index (χ0) is 14.6. The van der Waals surface area contributed by atoms with Crippen LogP contribution >= 0.6 is 0 Å². The third-order valence-corrected chi connectivity index (χ3v) is 2.99. The van der Waals surface area contributed by atoms with E-state index >= 15 is 0 Å². The summed E-state index contributed by atoms with van der Waals surface area (Å²) in [6, 6.07) is 20.7. The molecule has 0 radical (unpaired) electrons. The largest absolute Gasteiger partial charge is 0.261 e. The molecule has 0 aliphatic rings. The van der Waals surface area contributed by atoms with Crippen molar-refractivity contribution in [3.8, 4) is 0 Å². The maximum absolute atomic E-state index is 4.58. The second kappa shape index (κ2) is 9.96. The highest BCUT2D eigenvalue weighted by atomic mass is 14.7. The SMILES string of the molecule is CC.CCCC(C=Nc1ccccc1)c1ccccc1. The predicted octanol–water partition coefficient (Wildman–Crippen LogP) is 6.00. The van der Waals surface area contributed by atoms with Gasteiger partial charge in [0.15, 0.2) is 0 Å². The van der Waals surface area contributed by atoms with Gasteiger partial charge < -0.3 is 0 Å². The molecule has 0 spiro atoms. The van der Waals surface area contributed by atoms with Crippen LogP contribution in [0.5, 0.6) is 0 Å². The summed E-state index contributed by atoms with van der Waals surface area (Å²) < 4.78 is 0. The molecule has 1 nitrogen and oxygen atoms in total. The maximum atomic E-state index is 4.58. The number of hydrogen-bond acceptors (Lipinski definition) is 1. The first-order valence-electron chi connectivity index (χ1n) is 7.54. The van der Waals surface area contributed by atoms with Gasteiger partial charge in [0, 0.05) is 12.1 Å². The zero-order valence-corrected chi connectivity index (χ0v) is 12.8. The minimum Gasteiger partial charge on any atom is -0.261 e. The molecule has 1 atom stereocenters. The van der Waals surface area contributed by atoms with E-state index in [0.29, 0.717) is 5.92 Å². The van der Waals surface area contributed by atoms with Gasteiger partial charge in [0.2, 0.25) is 0 Å². The van der Waals surface area contributed by atoms with Gasteiger partial charge >= 0.3 is 0 Å². The highest BCUT2D eigenvalue weighted by Crippen LogP contribution is 2.20. The van der Waals surface area contributed by atoms with Crippen LogP contribution in [0.15, 0.2) is 65.7 Å². The molecule has 0 aromatic heterocycles. The first-order valence-corrected chi connectivity index (χ1v) is 7.54. The van der Waals surface area contributed by atoms with E-state index in [1.807, 2.05) is 44.2 Å². The topological polar surface area (TPSA) is 12.4 Å². The van der Waals surface area contributed by atoms with Crippen molar-refractivity contribution in [3.05, 3.63) is 66.2 Å². The van der Waals surface area contributed by atoms with E-state index in [1.165, 1.54) is 12.0 Å². The molecule has 2 aromatic rings. The molecular formula is C19H25N. The van der Waals surface area contributed by atoms with Crippen molar-refractivity contribution in [2.45, 2.75) is 39.5 Å². The predicted molar refractivity (Wildman–Crippen MR) is 90.0 cm³/mol. The quantitative estimate of drug-likeness (QED) is 0.589. The van der Waals surface area contributed by atoms with Gasteiger partial charge in [0.1, 0.15) is 0 Å². The van der Waals surface area contributed by atoms with Crippen LogP contribution in [0.2, 0.25) is 0 Å². The molecule has 1 unspecified atom stereocenters. The summed E-state index contributed by atoms with van der Waals surface area (Å²) >= 11 is 0. The third-order valence-electron chi connectivity index (χ3n) is 2.99. The lowest BCUT2D eigenvalue weighted by Crippen LogP contribution is -1.99. The molecule has 20 heavy (non-hydrogen) atoms. The van der Waals surface area contributed by atoms with Crippen molar-refractivity contribution in [2.75, 3.05) is 0 Å². The van der Waals surface area contributed by atoms with E-state index in [2.05, 4.69) is 48.5 Å². The Kier molecular flexibility index (Phi) is 8.05. The van der Waals surface area contributed by atoms with E-state index in [0.717, 1.165) is 12.1 Å². The van der Waals surface area contributed by atoms with Gasteiger partial charge in [0.05, 0.1) is 5.69 Å². The van der Waals surface area contributed by atoms with Crippen LogP contribution in [-0.4, -0.2) is 6.21 Å². The van der Waals surface area contributed by atoms with Crippen molar-refractivity contribution in [1.82, 2.24) is 0 Å². The van der Waals surface area contributed by atoms with E-state index < -0.39 is 0 Å². The average molecular weight is 267 g/mol. The molecule has 0 heterocycles. The Morgan fingerprint density at radius 3 is 2.00 bits per heavy atom. The van der Waals surface area contributed by atoms with E-state index in [4.69, 9.17) is 0 Å². The number of benzene rings is 2. The lowest BCUT2D eigenvalue weighted by atomic mass is 9.96. The summed E-state index contributed by atoms with van der Waals surface area (Å²) in [6.07, 6.45) is 4.38. The van der Waals surface area contributed by atoms with Crippen LogP contribution in [0.3, 0.4) is 0 Å². The van der Waals surface area contributed by atoms with Crippen molar-refractivity contribution in [1.29, 1.82) is 0 Å². The molecular weight excluding hydrogens is 242 g/mol. The first-order chi connectivity index (χ1) is 9.90. The number of hydrogen-bond donors (Lipinski definition) is 0. The highest BCUT2D eigenvalue weighted by Gasteiger charge is 2.06. The number of para-hydroxylation sites is 1. The van der Waals surface area contributed by atoms with Crippen LogP contribution in [0.25, 0.3) is 0 Å². The van der Waals surface area contributed by atoms with Gasteiger partial charge in [-0.05, 0) is 24.1 Å². The molecule has 0 N–H and O–H groups in total. The molecule has 0 aliphatic heterocycles. The molecule has 0 amide bonds. The fourth-order valence-electron chi connectivity index (χ4n) is 2.03. The van der Waals surface area contributed by atoms with Gasteiger partial charge in [-0.2, -0.15) is 0 Å². The van der Waals surface area contributed by atoms with Crippen LogP contribution < -0.4 is 0 Å². The minimum absolute atomic E-state index is 0.413. The summed E-state index contributed by atoms with van der Waals surface area (Å²) in [7, 11) is 0. The highest BCUT2D eigenvalue weighted by molar-refractivity contribution is 5.71. The Bertz CT molecular complexity index is 474. The average Bonchev–Trinajstić information content (AvgIpc) is 2.55. The second-order valence-electron chi connectivity index (χ2n) is 4.42. The molecule has 0 saturated carbocycles. The summed E-state index contributed by atoms with van der Waals surface area (Å²) in [5.41, 5.74) is 2.37. The number of aliphatic imine (C=N–C) groups is 1. The molecule has 0 fully saturated rings. The number of rotatable bonds is 5. The third kappa shape index (κ3) is 5.40. The van der Waals surface area contributed by atoms with E-state index in [1.54, 1.807) is 0 Å². The summed E-state index contributed by atoms with van der Waals surface area (Å²) in [4.78, 5) is 4.58. The van der Waals surface area contributed by atoms with Gasteiger partial charge in [-0.25, -0.2) is 0 Å². The van der Waals surface area contributed by atoms with Crippen LogP contribution in [0.1, 0.15) is 45.1 Å². The lowest BCUT2D eigenvalue weighted by Gasteiger charge is -2.11. The second-order valence-corrected chi connectivity index (χ2v) is 4.42. The molecule has 0 aliphatic carbocycles. The Labute approximate surface area is 123 Å². The van der Waals surface area contributed by atoms with Gasteiger partial charge in [0.25, 0.3) is 0 Å². The van der Waals surface area contributed by atoms with E-state index in [-0.39, 0.29) is 0 Å². The fourth-order valence-corrected chi connectivity index (χ4v) is 2.03. The Hall–Kier alpha value is -1.89. The molecule has 0 bridgehead atoms. The minimum atomic E-state index is 0.413. The monoisotopic (exact) mass is 267 g/mol. The van der Waals surface area contributed by atoms with E-state index in [9.17, 15) is 0 Å². The molecule has 1 heteroatoms. The van der Waals surface area contributed by atoms with Gasteiger partial charge in [-0.3, -0.25) is 4.99 Å². The number of nitrogens with zero attached hydrogens (tertiary/aromatic N) is 1. The fraction of sp³-hybridized carbons (Fsp3) is 0.316. The van der Waals surface area contributed by atoms with Crippen LogP contribution in [-0.2, 0) is 0 Å². The smallest absolute Gasteiger partial charge is 0.0625 e. The van der Waals surface area contributed by atoms with Crippen molar-refractivity contribution in [2.24, 2.45) is 4.99 Å². The Balaban J connectivity index is 0.000000956. The molecule has 2 rings (SSSR count). The summed E-state index contributed by atoms with van der Waals surface area (Å²) in [5.74, 6) is 0.413. The Morgan fingerprint density at radius 2 is 1.45 bits per heavy atom. The lowest BCUT2D eigenvalue weighted by molar-refractivity contribution is 0.754.